The summed E-state index contributed by atoms with van der Waals surface area (Å²) < 4.78 is 8.91. The lowest BCUT2D eigenvalue weighted by atomic mass is 9.69. The van der Waals surface area contributed by atoms with Crippen LogP contribution in [0.5, 0.6) is 11.5 Å². The third-order valence-corrected chi connectivity index (χ3v) is 8.15. The first-order valence-corrected chi connectivity index (χ1v) is 11.6. The van der Waals surface area contributed by atoms with Crippen molar-refractivity contribution in [3.8, 4) is 22.6 Å². The fourth-order valence-electron chi connectivity index (χ4n) is 5.26. The maximum Gasteiger partial charge on any atom is 0.150 e. The van der Waals surface area contributed by atoms with Gasteiger partial charge in [0.1, 0.15) is 5.75 Å². The number of hydrogen-bond donors (Lipinski definition) is 0. The first kappa shape index (κ1) is 16.9. The molecule has 3 heteroatoms. The summed E-state index contributed by atoms with van der Waals surface area (Å²) in [5.41, 5.74) is 6.18. The van der Waals surface area contributed by atoms with Crippen molar-refractivity contribution < 1.29 is 4.74 Å². The maximum absolute atomic E-state index is 6.58. The minimum absolute atomic E-state index is 0.354. The predicted octanol–water partition coefficient (Wildman–Crippen LogP) is 8.13. The van der Waals surface area contributed by atoms with Gasteiger partial charge in [0, 0.05) is 20.1 Å². The topological polar surface area (TPSA) is 9.23 Å². The fourth-order valence-corrected chi connectivity index (χ4v) is 7.18. The number of hydrogen-bond acceptors (Lipinski definition) is 2. The molecule has 1 aliphatic heterocycles. The van der Waals surface area contributed by atoms with Crippen LogP contribution >= 0.6 is 27.3 Å². The second kappa shape index (κ2) is 5.84. The Morgan fingerprint density at radius 2 is 1.33 bits per heavy atom. The van der Waals surface area contributed by atoms with E-state index in [9.17, 15) is 0 Å². The van der Waals surface area contributed by atoms with Gasteiger partial charge >= 0.3 is 0 Å². The van der Waals surface area contributed by atoms with E-state index in [0.29, 0.717) is 0 Å². The molecule has 0 N–H and O–H groups in total. The Hall–Kier alpha value is -2.88. The van der Waals surface area contributed by atoms with E-state index in [0.717, 1.165) is 16.0 Å². The molecule has 1 aliphatic carbocycles. The van der Waals surface area contributed by atoms with Crippen LogP contribution in [0.1, 0.15) is 21.6 Å². The molecular formula is C27H15BrOS. The standard InChI is InChI=1S/C27H15BrOS/c28-16-13-14-19-24(15-16)30-26-25(19)29-23-12-6-5-11-22(23)27(26)20-9-3-1-7-17(20)18-8-2-4-10-21(18)27/h1-15H. The highest BCUT2D eigenvalue weighted by molar-refractivity contribution is 9.10. The molecule has 5 aromatic rings. The third-order valence-electron chi connectivity index (χ3n) is 6.40. The summed E-state index contributed by atoms with van der Waals surface area (Å²) in [6.45, 7) is 0. The van der Waals surface area contributed by atoms with Crippen molar-refractivity contribution in [1.29, 1.82) is 0 Å². The summed E-state index contributed by atoms with van der Waals surface area (Å²) in [7, 11) is 0. The Balaban J connectivity index is 1.72. The molecule has 142 valence electrons. The van der Waals surface area contributed by atoms with Crippen LogP contribution in [-0.2, 0) is 5.41 Å². The van der Waals surface area contributed by atoms with Crippen molar-refractivity contribution in [2.45, 2.75) is 5.41 Å². The minimum atomic E-state index is -0.354. The highest BCUT2D eigenvalue weighted by Gasteiger charge is 2.52. The Kier molecular flexibility index (Phi) is 3.28. The molecule has 2 heterocycles. The fraction of sp³-hybridized carbons (Fsp3) is 0.0370. The van der Waals surface area contributed by atoms with Crippen LogP contribution in [-0.4, -0.2) is 0 Å². The SMILES string of the molecule is Brc1ccc2c3c(sc2c1)C1(c2ccccc2O3)c2ccccc2-c2ccccc21. The van der Waals surface area contributed by atoms with Gasteiger partial charge in [0.25, 0.3) is 0 Å². The van der Waals surface area contributed by atoms with Crippen LogP contribution in [0.2, 0.25) is 0 Å². The summed E-state index contributed by atoms with van der Waals surface area (Å²) >= 11 is 5.49. The Morgan fingerprint density at radius 3 is 2.07 bits per heavy atom. The summed E-state index contributed by atoms with van der Waals surface area (Å²) in [5, 5.41) is 1.17. The molecule has 0 saturated heterocycles. The zero-order valence-electron chi connectivity index (χ0n) is 15.9. The lowest BCUT2D eigenvalue weighted by molar-refractivity contribution is 0.447. The lowest BCUT2D eigenvalue weighted by Crippen LogP contribution is -2.30. The lowest BCUT2D eigenvalue weighted by Gasteiger charge is -2.37. The van der Waals surface area contributed by atoms with E-state index in [1.54, 1.807) is 0 Å². The van der Waals surface area contributed by atoms with Gasteiger partial charge in [-0.1, -0.05) is 82.7 Å². The van der Waals surface area contributed by atoms with Gasteiger partial charge in [-0.15, -0.1) is 11.3 Å². The van der Waals surface area contributed by atoms with Gasteiger partial charge in [0.2, 0.25) is 0 Å². The number of benzene rings is 4. The van der Waals surface area contributed by atoms with Gasteiger partial charge in [0.05, 0.1) is 10.3 Å². The zero-order chi connectivity index (χ0) is 19.9. The third kappa shape index (κ3) is 1.93. The van der Waals surface area contributed by atoms with E-state index in [-0.39, 0.29) is 5.41 Å². The van der Waals surface area contributed by atoms with Crippen LogP contribution in [0.15, 0.2) is 95.5 Å². The van der Waals surface area contributed by atoms with Crippen LogP contribution in [0.4, 0.5) is 0 Å². The molecule has 7 rings (SSSR count). The van der Waals surface area contributed by atoms with E-state index in [4.69, 9.17) is 4.74 Å². The van der Waals surface area contributed by atoms with Crippen molar-refractivity contribution in [1.82, 2.24) is 0 Å². The van der Waals surface area contributed by atoms with E-state index >= 15 is 0 Å². The normalized spacial score (nSPS) is 14.7. The Bertz CT molecular complexity index is 1450. The minimum Gasteiger partial charge on any atom is -0.455 e. The van der Waals surface area contributed by atoms with Crippen molar-refractivity contribution >= 4 is 37.4 Å². The summed E-state index contributed by atoms with van der Waals surface area (Å²) in [6, 6.07) is 32.7. The van der Waals surface area contributed by atoms with Crippen molar-refractivity contribution in [3.63, 3.8) is 0 Å². The molecule has 1 spiro atoms. The first-order chi connectivity index (χ1) is 14.8. The van der Waals surface area contributed by atoms with Gasteiger partial charge in [-0.3, -0.25) is 0 Å². The molecule has 0 amide bonds. The van der Waals surface area contributed by atoms with Gasteiger partial charge in [-0.25, -0.2) is 0 Å². The summed E-state index contributed by atoms with van der Waals surface area (Å²) in [6.07, 6.45) is 0. The monoisotopic (exact) mass is 466 g/mol. The molecule has 0 bridgehead atoms. The zero-order valence-corrected chi connectivity index (χ0v) is 18.3. The molecule has 2 aliphatic rings. The van der Waals surface area contributed by atoms with Gasteiger partial charge in [0.15, 0.2) is 5.75 Å². The number of halogens is 1. The van der Waals surface area contributed by atoms with Crippen molar-refractivity contribution in [3.05, 3.63) is 117 Å². The molecule has 1 aromatic heterocycles. The highest BCUT2D eigenvalue weighted by Crippen LogP contribution is 2.64. The Labute approximate surface area is 186 Å². The van der Waals surface area contributed by atoms with Crippen LogP contribution in [0.3, 0.4) is 0 Å². The van der Waals surface area contributed by atoms with Crippen LogP contribution in [0, 0.1) is 0 Å². The second-order valence-electron chi connectivity index (χ2n) is 7.84. The van der Waals surface area contributed by atoms with E-state index < -0.39 is 0 Å². The first-order valence-electron chi connectivity index (χ1n) is 9.98. The molecule has 4 aromatic carbocycles. The number of rotatable bonds is 0. The number of para-hydroxylation sites is 1. The largest absolute Gasteiger partial charge is 0.455 e. The van der Waals surface area contributed by atoms with Crippen molar-refractivity contribution in [2.75, 3.05) is 0 Å². The van der Waals surface area contributed by atoms with Gasteiger partial charge < -0.3 is 4.74 Å². The van der Waals surface area contributed by atoms with E-state index in [2.05, 4.69) is 107 Å². The second-order valence-corrected chi connectivity index (χ2v) is 9.81. The summed E-state index contributed by atoms with van der Waals surface area (Å²) in [4.78, 5) is 1.27. The average Bonchev–Trinajstić information content (AvgIpc) is 3.29. The van der Waals surface area contributed by atoms with E-state index in [1.807, 2.05) is 11.3 Å². The molecule has 30 heavy (non-hydrogen) atoms. The molecular weight excluding hydrogens is 452 g/mol. The molecule has 1 nitrogen and oxygen atoms in total. The molecule has 0 fully saturated rings. The molecule has 0 radical (unpaired) electrons. The molecule has 0 atom stereocenters. The number of thiophene rings is 1. The smallest absolute Gasteiger partial charge is 0.150 e. The van der Waals surface area contributed by atoms with E-state index in [1.165, 1.54) is 42.8 Å². The molecule has 0 unspecified atom stereocenters. The van der Waals surface area contributed by atoms with Crippen LogP contribution < -0.4 is 4.74 Å². The predicted molar refractivity (Wildman–Crippen MR) is 127 cm³/mol. The van der Waals surface area contributed by atoms with Crippen LogP contribution in [0.25, 0.3) is 21.2 Å². The van der Waals surface area contributed by atoms with Gasteiger partial charge in [-0.05, 0) is 46.5 Å². The summed E-state index contributed by atoms with van der Waals surface area (Å²) in [5.74, 6) is 1.94. The van der Waals surface area contributed by atoms with Crippen molar-refractivity contribution in [2.24, 2.45) is 0 Å². The average molecular weight is 467 g/mol. The highest BCUT2D eigenvalue weighted by atomic mass is 79.9. The number of ether oxygens (including phenoxy) is 1. The quantitative estimate of drug-likeness (QED) is 0.219. The number of fused-ring (bicyclic) bond motifs is 11. The Morgan fingerprint density at radius 1 is 0.700 bits per heavy atom. The maximum atomic E-state index is 6.58. The van der Waals surface area contributed by atoms with Gasteiger partial charge in [-0.2, -0.15) is 0 Å². The molecule has 0 saturated carbocycles.